The molecule has 0 saturated heterocycles. The second kappa shape index (κ2) is 5.16. The van der Waals surface area contributed by atoms with Crippen molar-refractivity contribution >= 4 is 10.8 Å². The minimum atomic E-state index is 0.185. The van der Waals surface area contributed by atoms with Crippen molar-refractivity contribution in [2.75, 3.05) is 6.61 Å². The molecule has 0 atom stereocenters. The summed E-state index contributed by atoms with van der Waals surface area (Å²) >= 11 is 0. The molecule has 0 radical (unpaired) electrons. The van der Waals surface area contributed by atoms with Crippen molar-refractivity contribution in [3.63, 3.8) is 0 Å². The van der Waals surface area contributed by atoms with Crippen LogP contribution in [0.1, 0.15) is 5.56 Å². The van der Waals surface area contributed by atoms with Crippen LogP contribution in [-0.4, -0.2) is 21.7 Å². The van der Waals surface area contributed by atoms with Crippen molar-refractivity contribution in [2.24, 2.45) is 0 Å². The maximum atomic E-state index is 8.97. The highest BCUT2D eigenvalue weighted by Crippen LogP contribution is 2.24. The van der Waals surface area contributed by atoms with E-state index in [1.54, 1.807) is 0 Å². The number of hydrogen-bond donors (Lipinski definition) is 1. The van der Waals surface area contributed by atoms with Gasteiger partial charge in [0, 0.05) is 24.6 Å². The van der Waals surface area contributed by atoms with E-state index in [0.29, 0.717) is 6.42 Å². The van der Waals surface area contributed by atoms with Gasteiger partial charge in [-0.05, 0) is 34.4 Å². The fraction of sp³-hybridized carbons (Fsp3) is 0.125. The van der Waals surface area contributed by atoms with E-state index in [1.165, 1.54) is 17.1 Å². The average molecular weight is 250 g/mol. The van der Waals surface area contributed by atoms with Crippen molar-refractivity contribution in [3.8, 4) is 11.1 Å². The number of aliphatic hydroxyl groups excluding tert-OH is 1. The minimum Gasteiger partial charge on any atom is -0.396 e. The first kappa shape index (κ1) is 11.8. The van der Waals surface area contributed by atoms with Gasteiger partial charge in [-0.3, -0.25) is 0 Å². The summed E-state index contributed by atoms with van der Waals surface area (Å²) in [5, 5.41) is 11.3. The topological polar surface area (TPSA) is 46.0 Å². The van der Waals surface area contributed by atoms with Crippen LogP contribution < -0.4 is 0 Å². The van der Waals surface area contributed by atoms with Gasteiger partial charge in [0.2, 0.25) is 0 Å². The number of aliphatic hydroxyl groups is 1. The van der Waals surface area contributed by atoms with Crippen molar-refractivity contribution in [1.29, 1.82) is 0 Å². The van der Waals surface area contributed by atoms with Crippen LogP contribution in [0.3, 0.4) is 0 Å². The third kappa shape index (κ3) is 2.46. The summed E-state index contributed by atoms with van der Waals surface area (Å²) in [6, 6.07) is 12.6. The van der Waals surface area contributed by atoms with Crippen molar-refractivity contribution in [3.05, 3.63) is 60.7 Å². The number of benzene rings is 2. The molecule has 3 nitrogen and oxygen atoms in total. The van der Waals surface area contributed by atoms with Gasteiger partial charge in [-0.1, -0.05) is 30.3 Å². The molecule has 0 fully saturated rings. The first-order valence-corrected chi connectivity index (χ1v) is 6.26. The first-order chi connectivity index (χ1) is 9.36. The zero-order valence-electron chi connectivity index (χ0n) is 10.5. The lowest BCUT2D eigenvalue weighted by Gasteiger charge is -2.05. The standard InChI is InChI=1S/C16H14N2O/c19-6-5-12-1-2-14-8-15(4-3-13(14)7-12)16-9-17-11-18-10-16/h1-4,7-11,19H,5-6H2. The minimum absolute atomic E-state index is 0.185. The predicted octanol–water partition coefficient (Wildman–Crippen LogP) is 2.83. The van der Waals surface area contributed by atoms with E-state index in [1.807, 2.05) is 12.4 Å². The van der Waals surface area contributed by atoms with Crippen LogP contribution in [-0.2, 0) is 6.42 Å². The zero-order chi connectivity index (χ0) is 13.1. The van der Waals surface area contributed by atoms with Gasteiger partial charge in [0.05, 0.1) is 0 Å². The molecule has 0 spiro atoms. The van der Waals surface area contributed by atoms with E-state index >= 15 is 0 Å². The number of rotatable bonds is 3. The van der Waals surface area contributed by atoms with Gasteiger partial charge in [0.1, 0.15) is 6.33 Å². The highest BCUT2D eigenvalue weighted by atomic mass is 16.2. The molecule has 3 aromatic rings. The van der Waals surface area contributed by atoms with Crippen LogP contribution in [0, 0.1) is 0 Å². The maximum absolute atomic E-state index is 8.97. The monoisotopic (exact) mass is 250 g/mol. The molecule has 0 unspecified atom stereocenters. The van der Waals surface area contributed by atoms with E-state index in [2.05, 4.69) is 46.4 Å². The molecule has 0 aliphatic carbocycles. The summed E-state index contributed by atoms with van der Waals surface area (Å²) in [7, 11) is 0. The Hall–Kier alpha value is -2.26. The SMILES string of the molecule is OCCc1ccc2cc(-c3cncnc3)ccc2c1. The Morgan fingerprint density at radius 3 is 2.37 bits per heavy atom. The summed E-state index contributed by atoms with van der Waals surface area (Å²) in [5.41, 5.74) is 3.29. The summed E-state index contributed by atoms with van der Waals surface area (Å²) < 4.78 is 0. The molecule has 1 aromatic heterocycles. The first-order valence-electron chi connectivity index (χ1n) is 6.26. The maximum Gasteiger partial charge on any atom is 0.115 e. The average Bonchev–Trinajstić information content (AvgIpc) is 2.48. The molecule has 0 saturated carbocycles. The number of fused-ring (bicyclic) bond motifs is 1. The van der Waals surface area contributed by atoms with Gasteiger partial charge < -0.3 is 5.11 Å². The fourth-order valence-corrected chi connectivity index (χ4v) is 2.21. The second-order valence-corrected chi connectivity index (χ2v) is 4.50. The highest BCUT2D eigenvalue weighted by Gasteiger charge is 2.01. The quantitative estimate of drug-likeness (QED) is 0.777. The Kier molecular flexibility index (Phi) is 3.21. The van der Waals surface area contributed by atoms with Gasteiger partial charge in [-0.15, -0.1) is 0 Å². The molecule has 0 bridgehead atoms. The van der Waals surface area contributed by atoms with E-state index in [0.717, 1.165) is 16.7 Å². The van der Waals surface area contributed by atoms with E-state index in [9.17, 15) is 0 Å². The third-order valence-corrected chi connectivity index (χ3v) is 3.20. The Morgan fingerprint density at radius 2 is 1.58 bits per heavy atom. The third-order valence-electron chi connectivity index (χ3n) is 3.20. The van der Waals surface area contributed by atoms with Crippen LogP contribution in [0.5, 0.6) is 0 Å². The predicted molar refractivity (Wildman–Crippen MR) is 75.8 cm³/mol. The van der Waals surface area contributed by atoms with Gasteiger partial charge in [-0.2, -0.15) is 0 Å². The molecule has 3 heteroatoms. The lowest BCUT2D eigenvalue weighted by atomic mass is 10.0. The van der Waals surface area contributed by atoms with Crippen LogP contribution in [0.15, 0.2) is 55.1 Å². The Balaban J connectivity index is 2.05. The lowest BCUT2D eigenvalue weighted by Crippen LogP contribution is -1.90. The van der Waals surface area contributed by atoms with Crippen LogP contribution in [0.25, 0.3) is 21.9 Å². The summed E-state index contributed by atoms with van der Waals surface area (Å²) in [6.07, 6.45) is 5.86. The normalized spacial score (nSPS) is 10.8. The van der Waals surface area contributed by atoms with Crippen molar-refractivity contribution in [2.45, 2.75) is 6.42 Å². The fourth-order valence-electron chi connectivity index (χ4n) is 2.21. The molecular formula is C16H14N2O. The molecule has 0 amide bonds. The smallest absolute Gasteiger partial charge is 0.115 e. The molecule has 1 N–H and O–H groups in total. The summed E-state index contributed by atoms with van der Waals surface area (Å²) in [6.45, 7) is 0.185. The van der Waals surface area contributed by atoms with Gasteiger partial charge >= 0.3 is 0 Å². The van der Waals surface area contributed by atoms with E-state index in [-0.39, 0.29) is 6.61 Å². The van der Waals surface area contributed by atoms with E-state index in [4.69, 9.17) is 5.11 Å². The Morgan fingerprint density at radius 1 is 0.842 bits per heavy atom. The number of aromatic nitrogens is 2. The zero-order valence-corrected chi connectivity index (χ0v) is 10.5. The molecule has 19 heavy (non-hydrogen) atoms. The van der Waals surface area contributed by atoms with Gasteiger partial charge in [-0.25, -0.2) is 9.97 Å². The largest absolute Gasteiger partial charge is 0.396 e. The lowest BCUT2D eigenvalue weighted by molar-refractivity contribution is 0.299. The van der Waals surface area contributed by atoms with Crippen molar-refractivity contribution < 1.29 is 5.11 Å². The highest BCUT2D eigenvalue weighted by molar-refractivity contribution is 5.87. The Bertz CT molecular complexity index is 695. The summed E-state index contributed by atoms with van der Waals surface area (Å²) in [5.74, 6) is 0. The molecular weight excluding hydrogens is 236 g/mol. The summed E-state index contributed by atoms with van der Waals surface area (Å²) in [4.78, 5) is 8.08. The second-order valence-electron chi connectivity index (χ2n) is 4.50. The van der Waals surface area contributed by atoms with Gasteiger partial charge in [0.15, 0.2) is 0 Å². The van der Waals surface area contributed by atoms with Crippen LogP contribution in [0.2, 0.25) is 0 Å². The molecule has 0 aliphatic rings. The van der Waals surface area contributed by atoms with Gasteiger partial charge in [0.25, 0.3) is 0 Å². The molecule has 0 aliphatic heterocycles. The van der Waals surface area contributed by atoms with E-state index < -0.39 is 0 Å². The van der Waals surface area contributed by atoms with Crippen LogP contribution >= 0.6 is 0 Å². The molecule has 94 valence electrons. The molecule has 2 aromatic carbocycles. The molecule has 1 heterocycles. The number of nitrogens with zero attached hydrogens (tertiary/aromatic N) is 2. The molecule has 3 rings (SSSR count). The van der Waals surface area contributed by atoms with Crippen molar-refractivity contribution in [1.82, 2.24) is 9.97 Å². The number of hydrogen-bond acceptors (Lipinski definition) is 3. The Labute approximate surface area is 111 Å². The van der Waals surface area contributed by atoms with Crippen LogP contribution in [0.4, 0.5) is 0 Å².